The minimum absolute atomic E-state index is 0.0527. The van der Waals surface area contributed by atoms with Crippen LogP contribution >= 0.6 is 7.75 Å². The normalized spacial score (nSPS) is 19.7. The Balaban J connectivity index is 1.31. The summed E-state index contributed by atoms with van der Waals surface area (Å²) in [6.07, 6.45) is 22.9. The topological polar surface area (TPSA) is 179 Å². The fourth-order valence-electron chi connectivity index (χ4n) is 5.14. The summed E-state index contributed by atoms with van der Waals surface area (Å²) in [7, 11) is -4.19. The van der Waals surface area contributed by atoms with Crippen molar-refractivity contribution >= 4 is 19.5 Å². The first kappa shape index (κ1) is 45.2. The van der Waals surface area contributed by atoms with Gasteiger partial charge >= 0.3 is 19.4 Å². The number of nitrogens with zero attached hydrogens (tertiary/aromatic N) is 2. The summed E-state index contributed by atoms with van der Waals surface area (Å²) in [5.41, 5.74) is 4.35. The van der Waals surface area contributed by atoms with Gasteiger partial charge in [0.25, 0.3) is 0 Å². The number of aliphatic hydroxyl groups is 1. The number of aliphatic hydroxyl groups excluding tert-OH is 1. The lowest BCUT2D eigenvalue weighted by atomic mass is 10.1. The highest BCUT2D eigenvalue weighted by Crippen LogP contribution is 2.47. The second-order valence-electron chi connectivity index (χ2n) is 12.5. The number of benzene rings is 1. The number of nitrogen functional groups attached to an aromatic ring is 1. The average molecular weight is 789 g/mol. The quantitative estimate of drug-likeness (QED) is 0.0420. The van der Waals surface area contributed by atoms with Crippen molar-refractivity contribution in [2.45, 2.75) is 82.6 Å². The molecule has 302 valence electrons. The van der Waals surface area contributed by atoms with E-state index in [0.717, 1.165) is 57.2 Å². The second-order valence-corrected chi connectivity index (χ2v) is 14.2. The molecule has 4 unspecified atom stereocenters. The van der Waals surface area contributed by atoms with Crippen LogP contribution < -0.4 is 31.7 Å². The summed E-state index contributed by atoms with van der Waals surface area (Å²) in [4.78, 5) is 27.8. The smallest absolute Gasteiger partial charge is 0.413 e. The van der Waals surface area contributed by atoms with Crippen LogP contribution in [-0.2, 0) is 18.6 Å². The van der Waals surface area contributed by atoms with Gasteiger partial charge in [0.15, 0.2) is 6.10 Å². The fraction of sp³-hybridized carbons (Fsp3) is 0.462. The van der Waals surface area contributed by atoms with E-state index in [9.17, 15) is 28.0 Å². The van der Waals surface area contributed by atoms with Crippen LogP contribution in [0.1, 0.15) is 64.5 Å². The van der Waals surface area contributed by atoms with Crippen LogP contribution in [0.4, 0.5) is 14.6 Å². The number of amides is 1. The number of carbonyl (C=O) groups excluding carboxylic acids is 1. The minimum Gasteiger partial charge on any atom is -0.413 e. The highest BCUT2D eigenvalue weighted by molar-refractivity contribution is 7.52. The van der Waals surface area contributed by atoms with Crippen molar-refractivity contribution in [1.29, 1.82) is 0 Å². The molecule has 13 nitrogen and oxygen atoms in total. The zero-order valence-electron chi connectivity index (χ0n) is 31.3. The summed E-state index contributed by atoms with van der Waals surface area (Å²) < 4.78 is 60.5. The molecule has 2 heterocycles. The molecule has 1 fully saturated rings. The highest BCUT2D eigenvalue weighted by Gasteiger charge is 2.60. The maximum absolute atomic E-state index is 15.0. The third-order valence-electron chi connectivity index (χ3n) is 8.02. The number of aromatic nitrogens is 2. The molecule has 1 aromatic heterocycles. The van der Waals surface area contributed by atoms with E-state index in [1.54, 1.807) is 18.2 Å². The van der Waals surface area contributed by atoms with Crippen molar-refractivity contribution in [1.82, 2.24) is 25.3 Å². The van der Waals surface area contributed by atoms with Gasteiger partial charge in [0.1, 0.15) is 17.7 Å². The number of rotatable bonds is 26. The number of halogens is 2. The Hall–Kier alpha value is -4.24. The van der Waals surface area contributed by atoms with E-state index >= 15 is 0 Å². The van der Waals surface area contributed by atoms with Gasteiger partial charge in [0.2, 0.25) is 12.1 Å². The van der Waals surface area contributed by atoms with E-state index in [0.29, 0.717) is 30.6 Å². The maximum atomic E-state index is 15.0. The van der Waals surface area contributed by atoms with Gasteiger partial charge < -0.3 is 30.7 Å². The number of alkyl halides is 2. The third kappa shape index (κ3) is 17.0. The Morgan fingerprint density at radius 2 is 1.58 bits per heavy atom. The van der Waals surface area contributed by atoms with E-state index in [-0.39, 0.29) is 24.0 Å². The number of carbonyl (C=O) groups is 1. The molecule has 4 atom stereocenters. The molecule has 0 radical (unpaired) electrons. The second kappa shape index (κ2) is 25.0. The molecule has 0 bridgehead atoms. The zero-order valence-corrected chi connectivity index (χ0v) is 32.2. The molecule has 16 heteroatoms. The van der Waals surface area contributed by atoms with Gasteiger partial charge in [0, 0.05) is 38.8 Å². The molecule has 6 N–H and O–H groups in total. The Labute approximate surface area is 322 Å². The Morgan fingerprint density at radius 1 is 0.964 bits per heavy atom. The maximum Gasteiger partial charge on any atom is 0.458 e. The van der Waals surface area contributed by atoms with Gasteiger partial charge in [-0.25, -0.2) is 14.4 Å². The predicted octanol–water partition coefficient (Wildman–Crippen LogP) is 6.14. The van der Waals surface area contributed by atoms with Crippen LogP contribution in [0.5, 0.6) is 5.75 Å². The van der Waals surface area contributed by atoms with Crippen LogP contribution in [0.25, 0.3) is 0 Å². The van der Waals surface area contributed by atoms with E-state index in [2.05, 4.69) is 88.4 Å². The number of allylic oxidation sites excluding steroid dienone is 10. The molecule has 1 saturated heterocycles. The van der Waals surface area contributed by atoms with Gasteiger partial charge in [-0.15, -0.1) is 0 Å². The molecular formula is C39H55F2N6O7P. The van der Waals surface area contributed by atoms with E-state index in [4.69, 9.17) is 19.5 Å². The van der Waals surface area contributed by atoms with E-state index in [1.165, 1.54) is 12.1 Å². The lowest BCUT2D eigenvalue weighted by molar-refractivity contribution is -0.140. The minimum atomic E-state index is -4.19. The van der Waals surface area contributed by atoms with Crippen LogP contribution in [0.3, 0.4) is 0 Å². The van der Waals surface area contributed by atoms with Gasteiger partial charge in [-0.3, -0.25) is 13.9 Å². The van der Waals surface area contributed by atoms with Crippen LogP contribution in [-0.4, -0.2) is 71.5 Å². The number of nitrogens with two attached hydrogens (primary N) is 1. The summed E-state index contributed by atoms with van der Waals surface area (Å²) in [6.45, 7) is 2.55. The molecule has 3 rings (SSSR count). The van der Waals surface area contributed by atoms with Gasteiger partial charge in [0.05, 0.1) is 6.61 Å². The van der Waals surface area contributed by atoms with E-state index in [1.807, 2.05) is 0 Å². The Morgan fingerprint density at radius 3 is 2.22 bits per heavy atom. The molecule has 2 aromatic rings. The molecule has 1 aliphatic rings. The largest absolute Gasteiger partial charge is 0.458 e. The van der Waals surface area contributed by atoms with Crippen molar-refractivity contribution in [2.75, 3.05) is 38.5 Å². The standard InChI is InChI=1S/C39H55F2N6O7P/c1-2-3-4-5-6-7-8-9-10-11-12-13-14-15-16-17-21-24-35(48)44-28-26-43-27-29-45-55(51,54-32-22-19-18-20-23-32)52-31-33-36(49)39(40,41)37(53-33)47-30-25-34(42)46-38(47)50/h3-4,6-7,9-10,12-13,15-16,18-20,22-23,25,30,33,36-37,43,49H,2,5,8,11,14,17,21,24,26-29,31H2,1H3,(H,44,48)(H,45,51)(H2,42,46,50). The zero-order chi connectivity index (χ0) is 39.8. The lowest BCUT2D eigenvalue weighted by Crippen LogP contribution is -2.42. The molecule has 1 amide bonds. The number of hydrogen-bond donors (Lipinski definition) is 5. The first-order chi connectivity index (χ1) is 26.6. The number of ether oxygens (including phenoxy) is 1. The van der Waals surface area contributed by atoms with Crippen LogP contribution in [0.2, 0.25) is 0 Å². The van der Waals surface area contributed by atoms with Gasteiger partial charge in [-0.05, 0) is 63.1 Å². The fourth-order valence-corrected chi connectivity index (χ4v) is 6.48. The average Bonchev–Trinajstić information content (AvgIpc) is 3.38. The predicted molar refractivity (Wildman–Crippen MR) is 211 cm³/mol. The van der Waals surface area contributed by atoms with Crippen molar-refractivity contribution in [3.63, 3.8) is 0 Å². The first-order valence-corrected chi connectivity index (χ1v) is 20.1. The lowest BCUT2D eigenvalue weighted by Gasteiger charge is -2.22. The van der Waals surface area contributed by atoms with Gasteiger partial charge in [-0.2, -0.15) is 13.8 Å². The summed E-state index contributed by atoms with van der Waals surface area (Å²) in [5, 5.41) is 19.0. The monoisotopic (exact) mass is 788 g/mol. The van der Waals surface area contributed by atoms with Crippen molar-refractivity contribution in [3.8, 4) is 5.75 Å². The number of para-hydroxylation sites is 1. The summed E-state index contributed by atoms with van der Waals surface area (Å²) in [6, 6.07) is 9.23. The molecule has 0 saturated carbocycles. The summed E-state index contributed by atoms with van der Waals surface area (Å²) >= 11 is 0. The Bertz CT molecular complexity index is 1690. The van der Waals surface area contributed by atoms with Crippen LogP contribution in [0.15, 0.2) is 108 Å². The van der Waals surface area contributed by atoms with Crippen molar-refractivity contribution in [2.24, 2.45) is 0 Å². The SMILES string of the molecule is CCC=CCC=CCC=CCC=CCC=CCCCC(=O)NCCNCCNP(=O)(OCC1OC(n2ccc(N)nc2=O)C(F)(F)C1O)Oc1ccccc1. The molecule has 1 aliphatic heterocycles. The van der Waals surface area contributed by atoms with Crippen molar-refractivity contribution < 1.29 is 37.0 Å². The molecule has 0 spiro atoms. The highest BCUT2D eigenvalue weighted by atomic mass is 31.2. The number of hydrogen-bond acceptors (Lipinski definition) is 10. The molecule has 1 aromatic carbocycles. The Kier molecular flexibility index (Phi) is 20.5. The number of unbranched alkanes of at least 4 members (excludes halogenated alkanes) is 1. The molecule has 0 aliphatic carbocycles. The molecular weight excluding hydrogens is 733 g/mol. The van der Waals surface area contributed by atoms with E-state index < -0.39 is 44.4 Å². The number of anilines is 1. The number of nitrogens with one attached hydrogen (secondary N) is 3. The van der Waals surface area contributed by atoms with Crippen molar-refractivity contribution in [3.05, 3.63) is 114 Å². The third-order valence-corrected chi connectivity index (χ3v) is 9.58. The first-order valence-electron chi connectivity index (χ1n) is 18.6. The van der Waals surface area contributed by atoms with Crippen LogP contribution in [0, 0.1) is 0 Å². The molecule has 55 heavy (non-hydrogen) atoms. The summed E-state index contributed by atoms with van der Waals surface area (Å²) in [5.74, 6) is -3.95. The van der Waals surface area contributed by atoms with Gasteiger partial charge in [-0.1, -0.05) is 85.9 Å².